The van der Waals surface area contributed by atoms with E-state index in [9.17, 15) is 14.9 Å². The smallest absolute Gasteiger partial charge is 0.288 e. The van der Waals surface area contributed by atoms with Crippen molar-refractivity contribution in [2.24, 2.45) is 5.10 Å². The molecular formula is C23H17Cl2N5O3S. The third kappa shape index (κ3) is 5.56. The summed E-state index contributed by atoms with van der Waals surface area (Å²) in [7, 11) is 0. The summed E-state index contributed by atoms with van der Waals surface area (Å²) < 4.78 is 2.02. The second-order valence-electron chi connectivity index (χ2n) is 7.11. The predicted octanol–water partition coefficient (Wildman–Crippen LogP) is 5.54. The van der Waals surface area contributed by atoms with Crippen LogP contribution in [0.5, 0.6) is 0 Å². The standard InChI is InChI=1S/C23H17Cl2N5O3S/c24-17-6-2-1-5-16(17)13-29-20-8-4-3-7-19(20)27-23(29)34-14-22(31)28-26-12-15-9-10-18(25)21(11-15)30(32)33/h1-12H,13-14H2,(H,28,31). The first-order chi connectivity index (χ1) is 16.4. The van der Waals surface area contributed by atoms with Crippen molar-refractivity contribution >= 4 is 63.8 Å². The van der Waals surface area contributed by atoms with Gasteiger partial charge in [0.1, 0.15) is 5.02 Å². The number of nitrogens with zero attached hydrogens (tertiary/aromatic N) is 4. The first-order valence-electron chi connectivity index (χ1n) is 9.99. The molecule has 0 aliphatic heterocycles. The van der Waals surface area contributed by atoms with E-state index < -0.39 is 4.92 Å². The van der Waals surface area contributed by atoms with Crippen molar-refractivity contribution in [3.63, 3.8) is 0 Å². The molecule has 0 saturated heterocycles. The summed E-state index contributed by atoms with van der Waals surface area (Å²) in [6.45, 7) is 0.512. The summed E-state index contributed by atoms with van der Waals surface area (Å²) in [6.07, 6.45) is 1.32. The SMILES string of the molecule is O=C(CSc1nc2ccccc2n1Cc1ccccc1Cl)NN=Cc1ccc(Cl)c([N+](=O)[O-])c1. The molecule has 4 aromatic rings. The first-order valence-corrected chi connectivity index (χ1v) is 11.7. The normalized spacial score (nSPS) is 11.2. The quantitative estimate of drug-likeness (QED) is 0.144. The van der Waals surface area contributed by atoms with Gasteiger partial charge in [0.05, 0.1) is 34.5 Å². The molecule has 4 rings (SSSR count). The fourth-order valence-electron chi connectivity index (χ4n) is 3.20. The topological polar surface area (TPSA) is 102 Å². The van der Waals surface area contributed by atoms with Crippen molar-refractivity contribution in [1.82, 2.24) is 15.0 Å². The molecule has 1 heterocycles. The lowest BCUT2D eigenvalue weighted by atomic mass is 10.2. The van der Waals surface area contributed by atoms with Crippen LogP contribution >= 0.6 is 35.0 Å². The molecule has 1 amide bonds. The summed E-state index contributed by atoms with van der Waals surface area (Å²) in [5, 5.41) is 16.2. The van der Waals surface area contributed by atoms with Crippen LogP contribution in [0.3, 0.4) is 0 Å². The summed E-state index contributed by atoms with van der Waals surface area (Å²) in [5.74, 6) is -0.273. The molecule has 0 aliphatic carbocycles. The number of nitro benzene ring substituents is 1. The molecule has 0 fully saturated rings. The molecule has 0 radical (unpaired) electrons. The lowest BCUT2D eigenvalue weighted by molar-refractivity contribution is -0.384. The Bertz CT molecular complexity index is 1410. The summed E-state index contributed by atoms with van der Waals surface area (Å²) in [5.41, 5.74) is 5.33. The Balaban J connectivity index is 1.45. The van der Waals surface area contributed by atoms with Crippen molar-refractivity contribution in [3.05, 3.63) is 98.0 Å². The molecule has 0 saturated carbocycles. The van der Waals surface area contributed by atoms with E-state index in [0.717, 1.165) is 16.6 Å². The van der Waals surface area contributed by atoms with E-state index in [2.05, 4.69) is 15.5 Å². The number of para-hydroxylation sites is 2. The van der Waals surface area contributed by atoms with E-state index in [1.54, 1.807) is 6.07 Å². The zero-order valence-corrected chi connectivity index (χ0v) is 19.8. The number of hydrogen-bond donors (Lipinski definition) is 1. The maximum Gasteiger partial charge on any atom is 0.288 e. The Morgan fingerprint density at radius 1 is 1.12 bits per heavy atom. The average Bonchev–Trinajstić information content (AvgIpc) is 3.17. The zero-order chi connectivity index (χ0) is 24.1. The molecule has 172 valence electrons. The average molecular weight is 514 g/mol. The van der Waals surface area contributed by atoms with Gasteiger partial charge < -0.3 is 4.57 Å². The molecule has 11 heteroatoms. The number of fused-ring (bicyclic) bond motifs is 1. The van der Waals surface area contributed by atoms with Gasteiger partial charge in [0, 0.05) is 16.7 Å². The van der Waals surface area contributed by atoms with Gasteiger partial charge in [-0.3, -0.25) is 14.9 Å². The van der Waals surface area contributed by atoms with E-state index in [1.807, 2.05) is 53.1 Å². The second-order valence-corrected chi connectivity index (χ2v) is 8.87. The number of aromatic nitrogens is 2. The van der Waals surface area contributed by atoms with E-state index in [1.165, 1.54) is 30.1 Å². The lowest BCUT2D eigenvalue weighted by Gasteiger charge is -2.10. The van der Waals surface area contributed by atoms with Crippen LogP contribution in [0.25, 0.3) is 11.0 Å². The highest BCUT2D eigenvalue weighted by atomic mass is 35.5. The Morgan fingerprint density at radius 2 is 1.88 bits per heavy atom. The number of imidazole rings is 1. The number of benzene rings is 3. The van der Waals surface area contributed by atoms with Crippen LogP contribution in [0.1, 0.15) is 11.1 Å². The number of amides is 1. The first kappa shape index (κ1) is 23.7. The minimum Gasteiger partial charge on any atom is -0.314 e. The lowest BCUT2D eigenvalue weighted by Crippen LogP contribution is -2.20. The minimum atomic E-state index is -0.580. The van der Waals surface area contributed by atoms with Crippen molar-refractivity contribution in [2.45, 2.75) is 11.7 Å². The van der Waals surface area contributed by atoms with E-state index in [-0.39, 0.29) is 22.4 Å². The number of nitrogens with one attached hydrogen (secondary N) is 1. The van der Waals surface area contributed by atoms with Crippen molar-refractivity contribution in [2.75, 3.05) is 5.75 Å². The van der Waals surface area contributed by atoms with Crippen molar-refractivity contribution in [1.29, 1.82) is 0 Å². The molecule has 34 heavy (non-hydrogen) atoms. The summed E-state index contributed by atoms with van der Waals surface area (Å²) >= 11 is 13.4. The van der Waals surface area contributed by atoms with Gasteiger partial charge in [-0.15, -0.1) is 0 Å². The number of carbonyl (C=O) groups is 1. The number of thioether (sulfide) groups is 1. The van der Waals surface area contributed by atoms with Gasteiger partial charge in [-0.25, -0.2) is 10.4 Å². The van der Waals surface area contributed by atoms with Crippen LogP contribution in [0.2, 0.25) is 10.0 Å². The zero-order valence-electron chi connectivity index (χ0n) is 17.5. The summed E-state index contributed by atoms with van der Waals surface area (Å²) in [6, 6.07) is 19.6. The van der Waals surface area contributed by atoms with E-state index >= 15 is 0 Å². The van der Waals surface area contributed by atoms with Crippen molar-refractivity contribution < 1.29 is 9.72 Å². The van der Waals surface area contributed by atoms with Crippen LogP contribution in [0, 0.1) is 10.1 Å². The van der Waals surface area contributed by atoms with Crippen LogP contribution in [0.15, 0.2) is 77.0 Å². The van der Waals surface area contributed by atoms with Crippen LogP contribution < -0.4 is 5.43 Å². The Morgan fingerprint density at radius 3 is 2.68 bits per heavy atom. The Hall–Kier alpha value is -3.40. The minimum absolute atomic E-state index is 0.0299. The van der Waals surface area contributed by atoms with Gasteiger partial charge in [0.25, 0.3) is 11.6 Å². The Kier molecular flexibility index (Phi) is 7.46. The Labute approximate surface area is 208 Å². The van der Waals surface area contributed by atoms with E-state index in [4.69, 9.17) is 23.2 Å². The fraction of sp³-hybridized carbons (Fsp3) is 0.0870. The highest BCUT2D eigenvalue weighted by Gasteiger charge is 2.15. The monoisotopic (exact) mass is 513 g/mol. The maximum absolute atomic E-state index is 12.3. The fourth-order valence-corrected chi connectivity index (χ4v) is 4.39. The van der Waals surface area contributed by atoms with Gasteiger partial charge in [-0.2, -0.15) is 5.10 Å². The molecular weight excluding hydrogens is 497 g/mol. The molecule has 1 aromatic heterocycles. The molecule has 0 unspecified atom stereocenters. The number of hydrazone groups is 1. The second kappa shape index (κ2) is 10.7. The molecule has 0 bridgehead atoms. The molecule has 0 aliphatic rings. The van der Waals surface area contributed by atoms with E-state index in [0.29, 0.717) is 22.3 Å². The van der Waals surface area contributed by atoms with Crippen LogP contribution in [0.4, 0.5) is 5.69 Å². The molecule has 0 spiro atoms. The highest BCUT2D eigenvalue weighted by molar-refractivity contribution is 7.99. The third-order valence-electron chi connectivity index (χ3n) is 4.81. The van der Waals surface area contributed by atoms with Gasteiger partial charge in [0.2, 0.25) is 0 Å². The third-order valence-corrected chi connectivity index (χ3v) is 6.47. The number of carbonyl (C=O) groups excluding carboxylic acids is 1. The largest absolute Gasteiger partial charge is 0.314 e. The highest BCUT2D eigenvalue weighted by Crippen LogP contribution is 2.27. The number of halogens is 2. The molecule has 1 N–H and O–H groups in total. The number of hydrogen-bond acceptors (Lipinski definition) is 6. The van der Waals surface area contributed by atoms with Crippen LogP contribution in [-0.4, -0.2) is 32.3 Å². The van der Waals surface area contributed by atoms with Gasteiger partial charge >= 0.3 is 0 Å². The van der Waals surface area contributed by atoms with Crippen molar-refractivity contribution in [3.8, 4) is 0 Å². The maximum atomic E-state index is 12.3. The molecule has 8 nitrogen and oxygen atoms in total. The van der Waals surface area contributed by atoms with Gasteiger partial charge in [-0.05, 0) is 29.8 Å². The molecule has 3 aromatic carbocycles. The van der Waals surface area contributed by atoms with Gasteiger partial charge in [0.15, 0.2) is 5.16 Å². The number of rotatable bonds is 8. The molecule has 0 atom stereocenters. The van der Waals surface area contributed by atoms with Gasteiger partial charge in [-0.1, -0.05) is 71.4 Å². The summed E-state index contributed by atoms with van der Waals surface area (Å²) in [4.78, 5) is 27.4. The predicted molar refractivity (Wildman–Crippen MR) is 135 cm³/mol. The van der Waals surface area contributed by atoms with Crippen LogP contribution in [-0.2, 0) is 11.3 Å². The number of nitro groups is 1.